The zero-order valence-corrected chi connectivity index (χ0v) is 7.56. The quantitative estimate of drug-likeness (QED) is 0.593. The molecule has 0 saturated carbocycles. The molecule has 1 N–H and O–H groups in total. The molecule has 0 aliphatic rings. The van der Waals surface area contributed by atoms with Crippen LogP contribution in [-0.2, 0) is 4.74 Å². The average molecular weight is 237 g/mol. The van der Waals surface area contributed by atoms with Crippen LogP contribution in [0.5, 0.6) is 0 Å². The summed E-state index contributed by atoms with van der Waals surface area (Å²) in [5.74, 6) is -1.63. The van der Waals surface area contributed by atoms with Crippen molar-refractivity contribution in [3.8, 4) is 0 Å². The van der Waals surface area contributed by atoms with Gasteiger partial charge in [-0.15, -0.1) is 0 Å². The van der Waals surface area contributed by atoms with Crippen molar-refractivity contribution in [3.05, 3.63) is 29.6 Å². The number of aromatic nitrogens is 1. The minimum absolute atomic E-state index is 0. The van der Waals surface area contributed by atoms with E-state index in [4.69, 9.17) is 9.84 Å². The van der Waals surface area contributed by atoms with Gasteiger partial charge in [-0.1, -0.05) is 0 Å². The fourth-order valence-electron chi connectivity index (χ4n) is 0.856. The number of carbonyl (C=O) groups excluding carboxylic acids is 1. The van der Waals surface area contributed by atoms with E-state index >= 15 is 0 Å². The average Bonchev–Trinajstić information content (AvgIpc) is 2.18. The Morgan fingerprint density at radius 3 is 2.53 bits per heavy atom. The van der Waals surface area contributed by atoms with Crippen LogP contribution in [0.2, 0.25) is 0 Å². The van der Waals surface area contributed by atoms with Crippen molar-refractivity contribution in [3.63, 3.8) is 0 Å². The van der Waals surface area contributed by atoms with Gasteiger partial charge in [0.05, 0.1) is 12.2 Å². The normalized spacial score (nSPS) is 8.87. The number of pyridine rings is 1. The summed E-state index contributed by atoms with van der Waals surface area (Å²) in [5, 5.41) is 8.54. The van der Waals surface area contributed by atoms with Crippen molar-refractivity contribution in [1.82, 2.24) is 4.98 Å². The van der Waals surface area contributed by atoms with Gasteiger partial charge in [0, 0.05) is 6.20 Å². The number of carboxylic acid groups (broad SMARTS) is 1. The van der Waals surface area contributed by atoms with Crippen LogP contribution in [0.4, 0.5) is 0 Å². The van der Waals surface area contributed by atoms with E-state index in [2.05, 4.69) is 4.98 Å². The minimum atomic E-state index is -1.12. The fourth-order valence-corrected chi connectivity index (χ4v) is 0.856. The van der Waals surface area contributed by atoms with Crippen molar-refractivity contribution in [2.45, 2.75) is 6.92 Å². The van der Waals surface area contributed by atoms with Gasteiger partial charge >= 0.3 is 49.7 Å². The Hall–Kier alpha value is -0.650. The number of aromatic carboxylic acids is 1. The van der Waals surface area contributed by atoms with Gasteiger partial charge in [-0.3, -0.25) is 0 Å². The molecule has 0 atom stereocenters. The third-order valence-corrected chi connectivity index (χ3v) is 1.49. The van der Waals surface area contributed by atoms with E-state index in [1.165, 1.54) is 18.3 Å². The maximum absolute atomic E-state index is 11.1. The van der Waals surface area contributed by atoms with Crippen LogP contribution in [0.1, 0.15) is 27.8 Å². The molecule has 1 rings (SSSR count). The first-order valence-corrected chi connectivity index (χ1v) is 4.01. The number of carbonyl (C=O) groups is 2. The Balaban J connectivity index is 0.00000196. The van der Waals surface area contributed by atoms with E-state index in [9.17, 15) is 9.59 Å². The second-order valence-corrected chi connectivity index (χ2v) is 2.46. The summed E-state index contributed by atoms with van der Waals surface area (Å²) in [4.78, 5) is 25.1. The van der Waals surface area contributed by atoms with Crippen LogP contribution in [0.15, 0.2) is 18.3 Å². The molecule has 1 aromatic rings. The van der Waals surface area contributed by atoms with E-state index in [1.807, 2.05) is 0 Å². The SMILES string of the molecule is CCOC(=O)c1ccc(C(=O)O)nc1.[CaH2]. The van der Waals surface area contributed by atoms with Crippen molar-refractivity contribution in [2.24, 2.45) is 0 Å². The number of ether oxygens (including phenoxy) is 1. The molecular weight excluding hydrogens is 226 g/mol. The summed E-state index contributed by atoms with van der Waals surface area (Å²) in [6.45, 7) is 1.97. The van der Waals surface area contributed by atoms with Gasteiger partial charge in [-0.2, -0.15) is 0 Å². The molecule has 0 spiro atoms. The molecule has 0 aromatic carbocycles. The molecule has 78 valence electrons. The standard InChI is InChI=1S/C9H9NO4.Ca.2H/c1-2-14-9(13)6-3-4-7(8(11)12)10-5-6;;;/h3-5H,2H2,1H3,(H,11,12);;;. The zero-order valence-electron chi connectivity index (χ0n) is 7.56. The molecule has 1 aromatic heterocycles. The second-order valence-electron chi connectivity index (χ2n) is 2.46. The second kappa shape index (κ2) is 6.76. The van der Waals surface area contributed by atoms with Gasteiger partial charge in [0.15, 0.2) is 0 Å². The molecule has 6 heteroatoms. The van der Waals surface area contributed by atoms with Gasteiger partial charge in [0.2, 0.25) is 0 Å². The first kappa shape index (κ1) is 14.3. The van der Waals surface area contributed by atoms with Gasteiger partial charge in [-0.05, 0) is 19.1 Å². The summed E-state index contributed by atoms with van der Waals surface area (Å²) in [6.07, 6.45) is 1.18. The monoisotopic (exact) mass is 237 g/mol. The Morgan fingerprint density at radius 1 is 1.47 bits per heavy atom. The molecule has 0 aliphatic heterocycles. The van der Waals surface area contributed by atoms with Crippen LogP contribution < -0.4 is 0 Å². The summed E-state index contributed by atoms with van der Waals surface area (Å²) in [5.41, 5.74) is 0.148. The van der Waals surface area contributed by atoms with E-state index in [0.717, 1.165) is 0 Å². The molecule has 0 fully saturated rings. The van der Waals surface area contributed by atoms with Gasteiger partial charge in [0.25, 0.3) is 0 Å². The summed E-state index contributed by atoms with van der Waals surface area (Å²) in [6, 6.07) is 2.63. The van der Waals surface area contributed by atoms with Crippen molar-refractivity contribution in [2.75, 3.05) is 6.61 Å². The number of nitrogens with zero attached hydrogens (tertiary/aromatic N) is 1. The van der Waals surface area contributed by atoms with Crippen molar-refractivity contribution >= 4 is 49.7 Å². The Morgan fingerprint density at radius 2 is 2.13 bits per heavy atom. The third-order valence-electron chi connectivity index (χ3n) is 1.49. The molecule has 1 heterocycles. The van der Waals surface area contributed by atoms with Crippen LogP contribution in [0.3, 0.4) is 0 Å². The third kappa shape index (κ3) is 4.15. The first-order chi connectivity index (χ1) is 6.65. The number of hydrogen-bond donors (Lipinski definition) is 1. The summed E-state index contributed by atoms with van der Waals surface area (Å²) in [7, 11) is 0. The van der Waals surface area contributed by atoms with E-state index in [-0.39, 0.29) is 55.6 Å². The van der Waals surface area contributed by atoms with E-state index in [1.54, 1.807) is 6.92 Å². The molecular formula is C9H11CaNO4. The van der Waals surface area contributed by atoms with Crippen LogP contribution in [0.25, 0.3) is 0 Å². The molecule has 0 saturated heterocycles. The fraction of sp³-hybridized carbons (Fsp3) is 0.222. The van der Waals surface area contributed by atoms with E-state index < -0.39 is 11.9 Å². The predicted octanol–water partition coefficient (Wildman–Crippen LogP) is 0.0403. The zero-order chi connectivity index (χ0) is 10.6. The predicted molar refractivity (Wildman–Crippen MR) is 55.7 cm³/mol. The molecule has 0 amide bonds. The van der Waals surface area contributed by atoms with Crippen molar-refractivity contribution in [1.29, 1.82) is 0 Å². The van der Waals surface area contributed by atoms with Crippen LogP contribution in [-0.4, -0.2) is 66.4 Å². The molecule has 0 aliphatic carbocycles. The molecule has 5 nitrogen and oxygen atoms in total. The molecule has 0 radical (unpaired) electrons. The molecule has 0 bridgehead atoms. The summed E-state index contributed by atoms with van der Waals surface area (Å²) < 4.78 is 4.70. The number of carboxylic acids is 1. The first-order valence-electron chi connectivity index (χ1n) is 4.01. The number of hydrogen-bond acceptors (Lipinski definition) is 4. The Bertz CT molecular complexity index is 350. The van der Waals surface area contributed by atoms with Crippen LogP contribution >= 0.6 is 0 Å². The van der Waals surface area contributed by atoms with Gasteiger partial charge < -0.3 is 9.84 Å². The Labute approximate surface area is 116 Å². The molecule has 0 unspecified atom stereocenters. The number of esters is 1. The topological polar surface area (TPSA) is 76.5 Å². The van der Waals surface area contributed by atoms with E-state index in [0.29, 0.717) is 0 Å². The van der Waals surface area contributed by atoms with Crippen LogP contribution in [0, 0.1) is 0 Å². The summed E-state index contributed by atoms with van der Waals surface area (Å²) >= 11 is 0. The van der Waals surface area contributed by atoms with Gasteiger partial charge in [-0.25, -0.2) is 14.6 Å². The van der Waals surface area contributed by atoms with Crippen molar-refractivity contribution < 1.29 is 19.4 Å². The molecule has 15 heavy (non-hydrogen) atoms. The van der Waals surface area contributed by atoms with Gasteiger partial charge in [0.1, 0.15) is 5.69 Å². The maximum atomic E-state index is 11.1. The Kier molecular flexibility index (Phi) is 6.47. The number of rotatable bonds is 3.